The van der Waals surface area contributed by atoms with Crippen LogP contribution < -0.4 is 0 Å². The molecule has 0 unspecified atom stereocenters. The van der Waals surface area contributed by atoms with Gasteiger partial charge >= 0.3 is 0 Å². The third-order valence-electron chi connectivity index (χ3n) is 3.84. The fourth-order valence-electron chi connectivity index (χ4n) is 2.58. The summed E-state index contributed by atoms with van der Waals surface area (Å²) < 4.78 is 2.70. The molecule has 27 heavy (non-hydrogen) atoms. The van der Waals surface area contributed by atoms with Gasteiger partial charge < -0.3 is 0 Å². The van der Waals surface area contributed by atoms with Crippen LogP contribution in [0, 0.1) is 6.92 Å². The van der Waals surface area contributed by atoms with Gasteiger partial charge in [-0.3, -0.25) is 19.6 Å². The molecule has 0 N–H and O–H groups in total. The molecule has 4 heterocycles. The first-order chi connectivity index (χ1) is 12.9. The Labute approximate surface area is 163 Å². The Hall–Kier alpha value is -2.94. The Kier molecular flexibility index (Phi) is 5.41. The summed E-state index contributed by atoms with van der Waals surface area (Å²) in [4.78, 5) is 30.5. The van der Waals surface area contributed by atoms with Crippen LogP contribution in [0.25, 0.3) is 21.8 Å². The lowest BCUT2D eigenvalue weighted by molar-refractivity contribution is 0.0918. The van der Waals surface area contributed by atoms with Gasteiger partial charge in [0, 0.05) is 35.6 Å². The van der Waals surface area contributed by atoms with Crippen LogP contribution in [0.2, 0.25) is 0 Å². The van der Waals surface area contributed by atoms with E-state index >= 15 is 0 Å². The van der Waals surface area contributed by atoms with Gasteiger partial charge in [0.25, 0.3) is 0 Å². The van der Waals surface area contributed by atoms with Crippen LogP contribution in [0.1, 0.15) is 34.8 Å². The second-order valence-corrected chi connectivity index (χ2v) is 6.46. The van der Waals surface area contributed by atoms with Crippen molar-refractivity contribution in [1.82, 2.24) is 29.5 Å². The number of nitrogens with zero attached hydrogens (tertiary/aromatic N) is 6. The second kappa shape index (κ2) is 7.75. The van der Waals surface area contributed by atoms with E-state index in [0.717, 1.165) is 33.2 Å². The molecular formula is C18H17BrN6O2. The quantitative estimate of drug-likeness (QED) is 0.431. The van der Waals surface area contributed by atoms with Crippen molar-refractivity contribution >= 4 is 49.6 Å². The Morgan fingerprint density at radius 1 is 0.889 bits per heavy atom. The molecule has 0 saturated carbocycles. The number of carbonyl (C=O) groups is 2. The van der Waals surface area contributed by atoms with Gasteiger partial charge in [0.15, 0.2) is 0 Å². The summed E-state index contributed by atoms with van der Waals surface area (Å²) in [5.41, 5.74) is 3.37. The summed E-state index contributed by atoms with van der Waals surface area (Å²) in [6, 6.07) is 3.82. The molecule has 0 spiro atoms. The van der Waals surface area contributed by atoms with E-state index in [4.69, 9.17) is 0 Å². The highest BCUT2D eigenvalue weighted by Gasteiger charge is 2.07. The molecule has 138 valence electrons. The smallest absolute Gasteiger partial charge is 0.244 e. The fraction of sp³-hybridized carbons (Fsp3) is 0.222. The van der Waals surface area contributed by atoms with Crippen LogP contribution in [0.5, 0.6) is 0 Å². The minimum Gasteiger partial charge on any atom is -0.273 e. The van der Waals surface area contributed by atoms with Gasteiger partial charge in [-0.15, -0.1) is 0 Å². The lowest BCUT2D eigenvalue weighted by Gasteiger charge is -1.97. The zero-order valence-electron chi connectivity index (χ0n) is 15.0. The Morgan fingerprint density at radius 3 is 1.93 bits per heavy atom. The number of hydrogen-bond donors (Lipinski definition) is 0. The van der Waals surface area contributed by atoms with E-state index < -0.39 is 0 Å². The molecule has 0 atom stereocenters. The highest BCUT2D eigenvalue weighted by molar-refractivity contribution is 9.08. The van der Waals surface area contributed by atoms with Crippen LogP contribution in [0.15, 0.2) is 36.9 Å². The van der Waals surface area contributed by atoms with Gasteiger partial charge in [-0.25, -0.2) is 0 Å². The average molecular weight is 429 g/mol. The molecule has 4 aromatic heterocycles. The standard InChI is InChI=1S/C9H8BrN3O.C9H9N3O/c1-6(14)13-9-5-11-8(3-10)2-7(9)4-12-13;1-6-3-8-4-11-12(7(2)13)9(8)5-10-6/h2,4-5H,3H2,1H3;3-5H,1-2H3. The van der Waals surface area contributed by atoms with Gasteiger partial charge in [0.2, 0.25) is 11.8 Å². The van der Waals surface area contributed by atoms with Crippen molar-refractivity contribution in [1.29, 1.82) is 0 Å². The normalized spacial score (nSPS) is 10.7. The average Bonchev–Trinajstić information content (AvgIpc) is 3.25. The van der Waals surface area contributed by atoms with Gasteiger partial charge in [0.1, 0.15) is 0 Å². The molecule has 0 fully saturated rings. The summed E-state index contributed by atoms with van der Waals surface area (Å²) in [6.07, 6.45) is 6.68. The summed E-state index contributed by atoms with van der Waals surface area (Å²) in [5.74, 6) is -0.200. The van der Waals surface area contributed by atoms with Crippen molar-refractivity contribution in [2.75, 3.05) is 0 Å². The number of pyridine rings is 2. The van der Waals surface area contributed by atoms with Crippen molar-refractivity contribution in [3.63, 3.8) is 0 Å². The van der Waals surface area contributed by atoms with Crippen molar-refractivity contribution in [3.8, 4) is 0 Å². The number of aromatic nitrogens is 6. The lowest BCUT2D eigenvalue weighted by atomic mass is 10.3. The largest absolute Gasteiger partial charge is 0.273 e. The predicted octanol–water partition coefficient (Wildman–Crippen LogP) is 3.39. The predicted molar refractivity (Wildman–Crippen MR) is 105 cm³/mol. The summed E-state index contributed by atoms with van der Waals surface area (Å²) in [5, 5.41) is 10.5. The second-order valence-electron chi connectivity index (χ2n) is 5.90. The van der Waals surface area contributed by atoms with Crippen LogP contribution in [-0.4, -0.2) is 41.3 Å². The zero-order valence-corrected chi connectivity index (χ0v) is 16.6. The molecule has 0 aliphatic carbocycles. The van der Waals surface area contributed by atoms with Crippen LogP contribution in [0.4, 0.5) is 0 Å². The molecule has 4 aromatic rings. The van der Waals surface area contributed by atoms with E-state index in [1.54, 1.807) is 24.8 Å². The van der Waals surface area contributed by atoms with Gasteiger partial charge in [-0.2, -0.15) is 19.6 Å². The van der Waals surface area contributed by atoms with E-state index in [9.17, 15) is 9.59 Å². The Bertz CT molecular complexity index is 1150. The lowest BCUT2D eigenvalue weighted by Crippen LogP contribution is -2.06. The van der Waals surface area contributed by atoms with E-state index in [0.29, 0.717) is 5.33 Å². The van der Waals surface area contributed by atoms with Gasteiger partial charge in [-0.1, -0.05) is 15.9 Å². The number of carbonyl (C=O) groups excluding carboxylic acids is 2. The first-order valence-electron chi connectivity index (χ1n) is 8.11. The van der Waals surface area contributed by atoms with Crippen LogP contribution in [-0.2, 0) is 5.33 Å². The SMILES string of the molecule is CC(=O)n1ncc2cc(C)ncc21.CC(=O)n1ncc2cc(CBr)ncc21. The van der Waals surface area contributed by atoms with E-state index in [-0.39, 0.29) is 11.8 Å². The van der Waals surface area contributed by atoms with Gasteiger partial charge in [0.05, 0.1) is 41.5 Å². The number of rotatable bonds is 1. The maximum Gasteiger partial charge on any atom is 0.244 e. The molecule has 8 nitrogen and oxygen atoms in total. The summed E-state index contributed by atoms with van der Waals surface area (Å²) in [7, 11) is 0. The maximum absolute atomic E-state index is 11.1. The van der Waals surface area contributed by atoms with Crippen molar-refractivity contribution in [3.05, 3.63) is 48.3 Å². The highest BCUT2D eigenvalue weighted by Crippen LogP contribution is 2.15. The molecule has 0 aromatic carbocycles. The van der Waals surface area contributed by atoms with Gasteiger partial charge in [-0.05, 0) is 19.1 Å². The molecule has 9 heteroatoms. The first kappa shape index (κ1) is 18.8. The third-order valence-corrected chi connectivity index (χ3v) is 4.41. The number of hydrogen-bond acceptors (Lipinski definition) is 6. The highest BCUT2D eigenvalue weighted by atomic mass is 79.9. The molecule has 0 aliphatic heterocycles. The zero-order chi connectivity index (χ0) is 19.6. The van der Waals surface area contributed by atoms with Crippen molar-refractivity contribution < 1.29 is 9.59 Å². The first-order valence-corrected chi connectivity index (χ1v) is 9.23. The van der Waals surface area contributed by atoms with E-state index in [2.05, 4.69) is 36.1 Å². The van der Waals surface area contributed by atoms with Crippen LogP contribution >= 0.6 is 15.9 Å². The summed E-state index contributed by atoms with van der Waals surface area (Å²) >= 11 is 3.32. The number of halogens is 1. The summed E-state index contributed by atoms with van der Waals surface area (Å²) in [6.45, 7) is 4.86. The van der Waals surface area contributed by atoms with Crippen molar-refractivity contribution in [2.45, 2.75) is 26.1 Å². The monoisotopic (exact) mass is 428 g/mol. The fourth-order valence-corrected chi connectivity index (χ4v) is 2.89. The molecular weight excluding hydrogens is 412 g/mol. The minimum atomic E-state index is -0.103. The number of alkyl halides is 1. The third kappa shape index (κ3) is 3.92. The Morgan fingerprint density at radius 2 is 1.41 bits per heavy atom. The Balaban J connectivity index is 0.000000156. The van der Waals surface area contributed by atoms with E-state index in [1.807, 2.05) is 19.1 Å². The molecule has 0 saturated heterocycles. The molecule has 0 bridgehead atoms. The molecule has 0 radical (unpaired) electrons. The molecule has 0 aliphatic rings. The minimum absolute atomic E-state index is 0.0966. The maximum atomic E-state index is 11.1. The topological polar surface area (TPSA) is 95.6 Å². The van der Waals surface area contributed by atoms with E-state index in [1.165, 1.54) is 23.2 Å². The van der Waals surface area contributed by atoms with Crippen LogP contribution in [0.3, 0.4) is 0 Å². The van der Waals surface area contributed by atoms with Crippen molar-refractivity contribution in [2.24, 2.45) is 0 Å². The molecule has 0 amide bonds. The molecule has 4 rings (SSSR count). The number of aryl methyl sites for hydroxylation is 1. The number of fused-ring (bicyclic) bond motifs is 2.